The molecule has 0 radical (unpaired) electrons. The third-order valence-corrected chi connectivity index (χ3v) is 9.37. The highest BCUT2D eigenvalue weighted by Gasteiger charge is 2.17. The average molecular weight is 735 g/mol. The Morgan fingerprint density at radius 1 is 0.393 bits per heavy atom. The molecule has 0 bridgehead atoms. The van der Waals surface area contributed by atoms with Crippen molar-refractivity contribution in [3.05, 3.63) is 194 Å². The van der Waals surface area contributed by atoms with Crippen LogP contribution >= 0.6 is 0 Å². The normalized spacial score (nSPS) is 16.1. The highest BCUT2D eigenvalue weighted by atomic mass is 16.3. The Labute approximate surface area is 348 Å². The summed E-state index contributed by atoms with van der Waals surface area (Å²) in [5.41, 5.74) is 1.17. The minimum atomic E-state index is -0.834. The molecule has 5 heteroatoms. The largest absolute Gasteiger partial charge is 0.456 e. The first-order valence-corrected chi connectivity index (χ1v) is 17.3. The Bertz CT molecular complexity index is 4220. The number of fused-ring (bicyclic) bond motifs is 6. The maximum absolute atomic E-state index is 9.83. The molecule has 0 aliphatic heterocycles. The molecule has 0 spiro atoms. The lowest BCUT2D eigenvalue weighted by Crippen LogP contribution is -2.01. The lowest BCUT2D eigenvalue weighted by Gasteiger charge is -2.12. The van der Waals surface area contributed by atoms with Gasteiger partial charge in [-0.2, -0.15) is 0 Å². The zero-order valence-corrected chi connectivity index (χ0v) is 28.8. The van der Waals surface area contributed by atoms with Crippen LogP contribution in [-0.2, 0) is 0 Å². The summed E-state index contributed by atoms with van der Waals surface area (Å²) in [6.45, 7) is 0. The molecule has 5 nitrogen and oxygen atoms in total. The van der Waals surface area contributed by atoms with Gasteiger partial charge in [0.05, 0.1) is 35.7 Å². The van der Waals surface area contributed by atoms with Gasteiger partial charge in [0.25, 0.3) is 0 Å². The molecule has 0 atom stereocenters. The van der Waals surface area contributed by atoms with Crippen LogP contribution < -0.4 is 0 Å². The molecule has 8 aromatic carbocycles. The van der Waals surface area contributed by atoms with Crippen LogP contribution in [0.5, 0.6) is 0 Å². The number of hydrogen-bond donors (Lipinski definition) is 0. The summed E-state index contributed by atoms with van der Waals surface area (Å²) in [6.07, 6.45) is 0. The van der Waals surface area contributed by atoms with Gasteiger partial charge in [-0.15, -0.1) is 0 Å². The summed E-state index contributed by atoms with van der Waals surface area (Å²) in [5, 5.41) is -0.723. The van der Waals surface area contributed by atoms with E-state index in [-0.39, 0.29) is 49.9 Å². The maximum atomic E-state index is 9.83. The smallest absolute Gasteiger partial charge is 0.164 e. The first-order valence-electron chi connectivity index (χ1n) is 26.3. The maximum Gasteiger partial charge on any atom is 0.164 e. The minimum Gasteiger partial charge on any atom is -0.456 e. The molecule has 0 saturated heterocycles. The van der Waals surface area contributed by atoms with E-state index in [4.69, 9.17) is 32.2 Å². The van der Waals surface area contributed by atoms with Crippen molar-refractivity contribution in [2.45, 2.75) is 0 Å². The van der Waals surface area contributed by atoms with Crippen molar-refractivity contribution in [1.29, 1.82) is 0 Å². The molecular weight excluding hydrogens is 685 g/mol. The van der Waals surface area contributed by atoms with Gasteiger partial charge in [-0.25, -0.2) is 15.0 Å². The van der Waals surface area contributed by atoms with Crippen LogP contribution in [-0.4, -0.2) is 19.5 Å². The van der Waals surface area contributed by atoms with Gasteiger partial charge in [0.15, 0.2) is 17.5 Å². The van der Waals surface area contributed by atoms with Crippen molar-refractivity contribution in [3.8, 4) is 62.1 Å². The molecule has 56 heavy (non-hydrogen) atoms. The van der Waals surface area contributed by atoms with Gasteiger partial charge in [-0.3, -0.25) is 0 Å². The molecule has 11 rings (SSSR count). The Morgan fingerprint density at radius 2 is 0.964 bits per heavy atom. The van der Waals surface area contributed by atoms with E-state index >= 15 is 0 Å². The third-order valence-electron chi connectivity index (χ3n) is 9.37. The van der Waals surface area contributed by atoms with E-state index in [2.05, 4.69) is 4.98 Å². The van der Waals surface area contributed by atoms with E-state index in [1.165, 1.54) is 6.07 Å². The highest BCUT2D eigenvalue weighted by Crippen LogP contribution is 2.36. The predicted octanol–water partition coefficient (Wildman–Crippen LogP) is 13.2. The summed E-state index contributed by atoms with van der Waals surface area (Å²) in [4.78, 5) is 14.1. The molecule has 0 fully saturated rings. The van der Waals surface area contributed by atoms with Crippen molar-refractivity contribution in [2.24, 2.45) is 0 Å². The van der Waals surface area contributed by atoms with Crippen molar-refractivity contribution in [3.63, 3.8) is 0 Å². The quantitative estimate of drug-likeness (QED) is 0.171. The van der Waals surface area contributed by atoms with E-state index in [9.17, 15) is 6.85 Å². The summed E-state index contributed by atoms with van der Waals surface area (Å²) >= 11 is 0. The monoisotopic (exact) mass is 734 g/mol. The van der Waals surface area contributed by atoms with Gasteiger partial charge in [0.1, 0.15) is 11.2 Å². The van der Waals surface area contributed by atoms with Gasteiger partial charge in [0.2, 0.25) is 0 Å². The van der Waals surface area contributed by atoms with Crippen molar-refractivity contribution < 1.29 is 29.1 Å². The second-order valence-electron chi connectivity index (χ2n) is 12.7. The lowest BCUT2D eigenvalue weighted by atomic mass is 9.98. The molecule has 0 unspecified atom stereocenters. The van der Waals surface area contributed by atoms with E-state index < -0.39 is 137 Å². The second kappa shape index (κ2) is 13.0. The Kier molecular flexibility index (Phi) is 4.33. The lowest BCUT2D eigenvalue weighted by molar-refractivity contribution is 0.669. The Hall–Kier alpha value is -7.63. The van der Waals surface area contributed by atoms with Crippen molar-refractivity contribution >= 4 is 43.7 Å². The van der Waals surface area contributed by atoms with Crippen LogP contribution in [0.15, 0.2) is 198 Å². The van der Waals surface area contributed by atoms with Gasteiger partial charge < -0.3 is 8.98 Å². The number of nitrogens with zero attached hydrogens (tertiary/aromatic N) is 4. The van der Waals surface area contributed by atoms with Crippen LogP contribution in [0.4, 0.5) is 0 Å². The van der Waals surface area contributed by atoms with Crippen molar-refractivity contribution in [2.75, 3.05) is 0 Å². The van der Waals surface area contributed by atoms with E-state index in [1.54, 1.807) is 24.3 Å². The molecule has 262 valence electrons. The van der Waals surface area contributed by atoms with E-state index in [1.807, 2.05) is 54.6 Å². The van der Waals surface area contributed by atoms with Crippen LogP contribution in [0.1, 0.15) is 24.7 Å². The van der Waals surface area contributed by atoms with Crippen LogP contribution in [0.2, 0.25) is 0 Å². The zero-order chi connectivity index (χ0) is 52.7. The molecule has 0 amide bonds. The molecule has 3 aromatic heterocycles. The van der Waals surface area contributed by atoms with Gasteiger partial charge in [0, 0.05) is 43.9 Å². The summed E-state index contributed by atoms with van der Waals surface area (Å²) in [5.74, 6) is -1.01. The van der Waals surface area contributed by atoms with Gasteiger partial charge in [-0.05, 0) is 70.6 Å². The molecule has 3 heterocycles. The number of hydrogen-bond acceptors (Lipinski definition) is 4. The van der Waals surface area contributed by atoms with Crippen LogP contribution in [0.25, 0.3) is 106 Å². The Morgan fingerprint density at radius 3 is 1.68 bits per heavy atom. The first kappa shape index (κ1) is 18.6. The fourth-order valence-electron chi connectivity index (χ4n) is 6.73. The van der Waals surface area contributed by atoms with Crippen LogP contribution in [0, 0.1) is 0 Å². The summed E-state index contributed by atoms with van der Waals surface area (Å²) in [6, 6.07) is 13.9. The van der Waals surface area contributed by atoms with E-state index in [0.717, 1.165) is 26.8 Å². The summed E-state index contributed by atoms with van der Waals surface area (Å²) < 4.78 is 167. The average Bonchev–Trinajstić information content (AvgIpc) is 3.97. The standard InChI is InChI=1S/C51H32N4O/c1-2-12-33(13-3-1)36-14-10-15-37(30-36)34-24-26-35(27-25-34)49-52-50(54-51(53-49)39-28-29-44-43-20-6-9-23-47(43)56-48(44)32-39)38-16-11-17-40(31-38)55-45-21-7-4-18-41(45)42-19-5-8-22-46(42)55/h1-32H/i4D,5D,6D,7D,8D,9D,11D,16D,17D,18D,19D,20D,21D,22D,23D,28D,31D,32D. The van der Waals surface area contributed by atoms with Gasteiger partial charge >= 0.3 is 0 Å². The number of para-hydroxylation sites is 3. The fraction of sp³-hybridized carbons (Fsp3) is 0. The molecule has 0 aliphatic rings. The zero-order valence-electron chi connectivity index (χ0n) is 46.8. The number of furan rings is 1. The molecular formula is C51H32N4O. The predicted molar refractivity (Wildman–Crippen MR) is 229 cm³/mol. The molecule has 0 saturated carbocycles. The molecule has 11 aromatic rings. The highest BCUT2D eigenvalue weighted by molar-refractivity contribution is 6.09. The number of aromatic nitrogens is 4. The first-order chi connectivity index (χ1) is 35.2. The van der Waals surface area contributed by atoms with Gasteiger partial charge in [-0.1, -0.05) is 145 Å². The number of benzene rings is 8. The Balaban J connectivity index is 1.20. The second-order valence-corrected chi connectivity index (χ2v) is 12.7. The number of rotatable bonds is 6. The minimum absolute atomic E-state index is 0.0331. The third kappa shape index (κ3) is 5.45. The fourth-order valence-corrected chi connectivity index (χ4v) is 6.73. The van der Waals surface area contributed by atoms with Crippen molar-refractivity contribution in [1.82, 2.24) is 19.5 Å². The molecule has 0 aliphatic carbocycles. The molecule has 0 N–H and O–H groups in total. The summed E-state index contributed by atoms with van der Waals surface area (Å²) in [7, 11) is 0. The van der Waals surface area contributed by atoms with E-state index in [0.29, 0.717) is 5.56 Å². The topological polar surface area (TPSA) is 56.7 Å². The van der Waals surface area contributed by atoms with Crippen LogP contribution in [0.3, 0.4) is 0 Å². The SMILES string of the molecule is [2H]c1cc2c(oc3c([2H])c([2H])c([2H])c([2H])c32)c([2H])c1-c1nc(-c2ccc(-c3cccc(-c4ccccc4)c3)cc2)nc(-c2c([2H])c([2H])c([2H])c(-n3c4c([2H])c([2H])c([2H])c([2H])c4c4c([2H])c([2H])c([2H])c([2H])c43)c2[2H])n1.